The summed E-state index contributed by atoms with van der Waals surface area (Å²) in [7, 11) is 0. The monoisotopic (exact) mass is 329 g/mol. The van der Waals surface area contributed by atoms with E-state index < -0.39 is 0 Å². The molecule has 24 heavy (non-hydrogen) atoms. The minimum Gasteiger partial charge on any atom is -0.353 e. The maximum absolute atomic E-state index is 12.3. The second-order valence-electron chi connectivity index (χ2n) is 6.37. The molecule has 2 aromatic heterocycles. The van der Waals surface area contributed by atoms with Crippen molar-refractivity contribution in [2.75, 3.05) is 36.4 Å². The molecule has 0 saturated carbocycles. The standard InChI is InChI=1S/C17H23N5O2/c1-12(2)14-10-16(24-20-14)19-17(23)22-8-6-21(7-9-22)15-5-4-13(3)11-18-15/h4-5,10-12H,6-9H2,1-3H3,(H,19,23). The van der Waals surface area contributed by atoms with Crippen LogP contribution in [0.3, 0.4) is 0 Å². The van der Waals surface area contributed by atoms with Gasteiger partial charge in [0, 0.05) is 38.4 Å². The zero-order chi connectivity index (χ0) is 17.1. The number of piperazine rings is 1. The van der Waals surface area contributed by atoms with Crippen LogP contribution in [-0.2, 0) is 0 Å². The minimum atomic E-state index is -0.155. The molecule has 2 aromatic rings. The highest BCUT2D eigenvalue weighted by Crippen LogP contribution is 2.18. The molecule has 3 heterocycles. The molecule has 0 unspecified atom stereocenters. The Hall–Kier alpha value is -2.57. The summed E-state index contributed by atoms with van der Waals surface area (Å²) < 4.78 is 5.16. The average molecular weight is 329 g/mol. The number of aryl methyl sites for hydroxylation is 1. The molecule has 2 amide bonds. The van der Waals surface area contributed by atoms with Gasteiger partial charge in [0.05, 0.1) is 5.69 Å². The third-order valence-corrected chi connectivity index (χ3v) is 4.14. The van der Waals surface area contributed by atoms with Crippen molar-refractivity contribution in [3.05, 3.63) is 35.7 Å². The molecule has 1 aliphatic heterocycles. The van der Waals surface area contributed by atoms with E-state index in [9.17, 15) is 4.79 Å². The number of anilines is 2. The lowest BCUT2D eigenvalue weighted by Crippen LogP contribution is -2.50. The number of rotatable bonds is 3. The van der Waals surface area contributed by atoms with Crippen molar-refractivity contribution in [2.45, 2.75) is 26.7 Å². The van der Waals surface area contributed by atoms with Crippen molar-refractivity contribution in [1.29, 1.82) is 0 Å². The first kappa shape index (κ1) is 16.3. The molecule has 1 saturated heterocycles. The van der Waals surface area contributed by atoms with Crippen molar-refractivity contribution in [3.63, 3.8) is 0 Å². The fourth-order valence-electron chi connectivity index (χ4n) is 2.59. The summed E-state index contributed by atoms with van der Waals surface area (Å²) in [4.78, 5) is 20.7. The highest BCUT2D eigenvalue weighted by atomic mass is 16.5. The predicted molar refractivity (Wildman–Crippen MR) is 92.4 cm³/mol. The molecule has 0 aliphatic carbocycles. The summed E-state index contributed by atoms with van der Waals surface area (Å²) in [6, 6.07) is 5.69. The van der Waals surface area contributed by atoms with Crippen LogP contribution in [0.1, 0.15) is 31.0 Å². The van der Waals surface area contributed by atoms with Gasteiger partial charge in [-0.2, -0.15) is 0 Å². The van der Waals surface area contributed by atoms with E-state index in [0.717, 1.165) is 30.2 Å². The van der Waals surface area contributed by atoms with E-state index in [1.807, 2.05) is 33.0 Å². The number of amides is 2. The van der Waals surface area contributed by atoms with Gasteiger partial charge >= 0.3 is 6.03 Å². The molecule has 7 heteroatoms. The number of hydrogen-bond donors (Lipinski definition) is 1. The summed E-state index contributed by atoms with van der Waals surface area (Å²) in [6.07, 6.45) is 1.87. The first-order valence-corrected chi connectivity index (χ1v) is 8.23. The van der Waals surface area contributed by atoms with E-state index >= 15 is 0 Å². The molecule has 0 atom stereocenters. The van der Waals surface area contributed by atoms with Crippen molar-refractivity contribution >= 4 is 17.7 Å². The molecule has 0 bridgehead atoms. The molecule has 1 N–H and O–H groups in total. The minimum absolute atomic E-state index is 0.155. The summed E-state index contributed by atoms with van der Waals surface area (Å²) in [6.45, 7) is 8.89. The number of hydrogen-bond acceptors (Lipinski definition) is 5. The number of urea groups is 1. The Morgan fingerprint density at radius 3 is 2.58 bits per heavy atom. The van der Waals surface area contributed by atoms with Crippen LogP contribution in [0.4, 0.5) is 16.5 Å². The van der Waals surface area contributed by atoms with E-state index in [1.165, 1.54) is 0 Å². The number of nitrogens with one attached hydrogen (secondary N) is 1. The van der Waals surface area contributed by atoms with Gasteiger partial charge in [-0.25, -0.2) is 9.78 Å². The van der Waals surface area contributed by atoms with E-state index in [1.54, 1.807) is 11.0 Å². The maximum Gasteiger partial charge on any atom is 0.324 e. The first-order chi connectivity index (χ1) is 11.5. The fourth-order valence-corrected chi connectivity index (χ4v) is 2.59. The first-order valence-electron chi connectivity index (χ1n) is 8.23. The van der Waals surface area contributed by atoms with Gasteiger partial charge in [0.15, 0.2) is 0 Å². The molecule has 1 aliphatic rings. The molecule has 1 fully saturated rings. The van der Waals surface area contributed by atoms with Crippen LogP contribution < -0.4 is 10.2 Å². The molecule has 128 valence electrons. The third kappa shape index (κ3) is 3.67. The van der Waals surface area contributed by atoms with Gasteiger partial charge in [0.25, 0.3) is 0 Å². The van der Waals surface area contributed by atoms with Gasteiger partial charge < -0.3 is 14.3 Å². The van der Waals surface area contributed by atoms with Crippen molar-refractivity contribution in [1.82, 2.24) is 15.0 Å². The normalized spacial score (nSPS) is 15.0. The molecule has 3 rings (SSSR count). The number of carbonyl (C=O) groups excluding carboxylic acids is 1. The average Bonchev–Trinajstić information content (AvgIpc) is 3.04. The quantitative estimate of drug-likeness (QED) is 0.937. The molecular weight excluding hydrogens is 306 g/mol. The molecule has 0 spiro atoms. The van der Waals surface area contributed by atoms with Gasteiger partial charge in [-0.3, -0.25) is 5.32 Å². The van der Waals surface area contributed by atoms with E-state index in [4.69, 9.17) is 4.52 Å². The Morgan fingerprint density at radius 2 is 2.00 bits per heavy atom. The second-order valence-corrected chi connectivity index (χ2v) is 6.37. The Bertz CT molecular complexity index is 687. The summed E-state index contributed by atoms with van der Waals surface area (Å²) in [5.74, 6) is 1.62. The van der Waals surface area contributed by atoms with Gasteiger partial charge in [0.2, 0.25) is 5.88 Å². The zero-order valence-corrected chi connectivity index (χ0v) is 14.3. The number of nitrogens with zero attached hydrogens (tertiary/aromatic N) is 4. The van der Waals surface area contributed by atoms with Crippen molar-refractivity contribution in [2.24, 2.45) is 0 Å². The molecule has 0 radical (unpaired) electrons. The molecular formula is C17H23N5O2. The SMILES string of the molecule is Cc1ccc(N2CCN(C(=O)Nc3cc(C(C)C)no3)CC2)nc1. The van der Waals surface area contributed by atoms with Crippen molar-refractivity contribution in [3.8, 4) is 0 Å². The molecule has 0 aromatic carbocycles. The Balaban J connectivity index is 1.53. The summed E-state index contributed by atoms with van der Waals surface area (Å²) >= 11 is 0. The summed E-state index contributed by atoms with van der Waals surface area (Å²) in [5.41, 5.74) is 1.98. The zero-order valence-electron chi connectivity index (χ0n) is 14.3. The lowest BCUT2D eigenvalue weighted by atomic mass is 10.1. The van der Waals surface area contributed by atoms with Crippen LogP contribution in [0, 0.1) is 6.92 Å². The third-order valence-electron chi connectivity index (χ3n) is 4.14. The van der Waals surface area contributed by atoms with Gasteiger partial charge in [0.1, 0.15) is 5.82 Å². The summed E-state index contributed by atoms with van der Waals surface area (Å²) in [5, 5.41) is 6.72. The Morgan fingerprint density at radius 1 is 1.25 bits per heavy atom. The van der Waals surface area contributed by atoms with Crippen LogP contribution in [0.2, 0.25) is 0 Å². The number of carbonyl (C=O) groups is 1. The largest absolute Gasteiger partial charge is 0.353 e. The highest BCUT2D eigenvalue weighted by Gasteiger charge is 2.23. The smallest absolute Gasteiger partial charge is 0.324 e. The fraction of sp³-hybridized carbons (Fsp3) is 0.471. The van der Waals surface area contributed by atoms with Gasteiger partial charge in [-0.05, 0) is 24.5 Å². The highest BCUT2D eigenvalue weighted by molar-refractivity contribution is 5.88. The lowest BCUT2D eigenvalue weighted by Gasteiger charge is -2.35. The molecule has 7 nitrogen and oxygen atoms in total. The lowest BCUT2D eigenvalue weighted by molar-refractivity contribution is 0.207. The predicted octanol–water partition coefficient (Wildman–Crippen LogP) is 2.86. The van der Waals surface area contributed by atoms with Crippen LogP contribution in [0.15, 0.2) is 28.9 Å². The maximum atomic E-state index is 12.3. The van der Waals surface area contributed by atoms with Gasteiger partial charge in [-0.15, -0.1) is 0 Å². The van der Waals surface area contributed by atoms with Crippen molar-refractivity contribution < 1.29 is 9.32 Å². The van der Waals surface area contributed by atoms with E-state index in [-0.39, 0.29) is 11.9 Å². The van der Waals surface area contributed by atoms with Crippen LogP contribution >= 0.6 is 0 Å². The Labute approximate surface area is 141 Å². The van der Waals surface area contributed by atoms with Crippen LogP contribution in [-0.4, -0.2) is 47.3 Å². The second kappa shape index (κ2) is 6.90. The van der Waals surface area contributed by atoms with E-state index in [2.05, 4.69) is 26.4 Å². The number of pyridine rings is 1. The topological polar surface area (TPSA) is 74.5 Å². The number of aromatic nitrogens is 2. The Kier molecular flexibility index (Phi) is 4.69. The van der Waals surface area contributed by atoms with Crippen LogP contribution in [0.5, 0.6) is 0 Å². The van der Waals surface area contributed by atoms with Gasteiger partial charge in [-0.1, -0.05) is 25.1 Å². The van der Waals surface area contributed by atoms with Crippen LogP contribution in [0.25, 0.3) is 0 Å². The van der Waals surface area contributed by atoms with E-state index in [0.29, 0.717) is 19.0 Å².